The molecule has 1 aromatic heterocycles. The standard InChI is InChI=1S/C17H16N2OS/c18-17(9-12-5-1-3-7-14(12)20-11-17)10-16-19-13-6-2-4-8-15(13)21-16/h1-8H,9-11,18H2. The molecule has 2 heterocycles. The van der Waals surface area contributed by atoms with Crippen LogP contribution in [-0.2, 0) is 12.8 Å². The summed E-state index contributed by atoms with van der Waals surface area (Å²) in [4.78, 5) is 4.69. The van der Waals surface area contributed by atoms with Gasteiger partial charge >= 0.3 is 0 Å². The largest absolute Gasteiger partial charge is 0.491 e. The zero-order valence-electron chi connectivity index (χ0n) is 11.6. The zero-order valence-corrected chi connectivity index (χ0v) is 12.4. The van der Waals surface area contributed by atoms with E-state index in [1.807, 2.05) is 36.4 Å². The van der Waals surface area contributed by atoms with Crippen LogP contribution in [0.4, 0.5) is 0 Å². The topological polar surface area (TPSA) is 48.1 Å². The van der Waals surface area contributed by atoms with E-state index < -0.39 is 0 Å². The first-order chi connectivity index (χ1) is 10.2. The molecule has 3 nitrogen and oxygen atoms in total. The fraction of sp³-hybridized carbons (Fsp3) is 0.235. The molecule has 1 unspecified atom stereocenters. The van der Waals surface area contributed by atoms with Gasteiger partial charge in [-0.1, -0.05) is 30.3 Å². The molecule has 0 aliphatic carbocycles. The van der Waals surface area contributed by atoms with Crippen LogP contribution in [0.3, 0.4) is 0 Å². The summed E-state index contributed by atoms with van der Waals surface area (Å²) in [5.41, 5.74) is 8.44. The molecular weight excluding hydrogens is 280 g/mol. The Balaban J connectivity index is 1.62. The second kappa shape index (κ2) is 4.83. The fourth-order valence-corrected chi connectivity index (χ4v) is 3.98. The zero-order chi connectivity index (χ0) is 14.3. The Morgan fingerprint density at radius 3 is 2.86 bits per heavy atom. The van der Waals surface area contributed by atoms with Crippen molar-refractivity contribution in [3.05, 3.63) is 59.1 Å². The van der Waals surface area contributed by atoms with Crippen LogP contribution in [0.25, 0.3) is 10.2 Å². The summed E-state index contributed by atoms with van der Waals surface area (Å²) in [6.07, 6.45) is 1.58. The van der Waals surface area contributed by atoms with E-state index >= 15 is 0 Å². The Labute approximate surface area is 127 Å². The molecular formula is C17H16N2OS. The van der Waals surface area contributed by atoms with Gasteiger partial charge in [0.15, 0.2) is 0 Å². The molecule has 0 saturated carbocycles. The van der Waals surface area contributed by atoms with E-state index in [1.165, 1.54) is 10.3 Å². The highest BCUT2D eigenvalue weighted by atomic mass is 32.1. The summed E-state index contributed by atoms with van der Waals surface area (Å²) in [6, 6.07) is 16.3. The molecule has 0 fully saturated rings. The fourth-order valence-electron chi connectivity index (χ4n) is 2.85. The molecule has 1 atom stereocenters. The summed E-state index contributed by atoms with van der Waals surface area (Å²) in [5, 5.41) is 1.08. The van der Waals surface area contributed by atoms with Crippen LogP contribution >= 0.6 is 11.3 Å². The highest BCUT2D eigenvalue weighted by Gasteiger charge is 2.33. The van der Waals surface area contributed by atoms with Crippen molar-refractivity contribution in [3.63, 3.8) is 0 Å². The number of aromatic nitrogens is 1. The van der Waals surface area contributed by atoms with Crippen LogP contribution in [0.15, 0.2) is 48.5 Å². The van der Waals surface area contributed by atoms with Crippen LogP contribution < -0.4 is 10.5 Å². The first-order valence-electron chi connectivity index (χ1n) is 7.06. The number of benzene rings is 2. The quantitative estimate of drug-likeness (QED) is 0.790. The van der Waals surface area contributed by atoms with Gasteiger partial charge in [-0.2, -0.15) is 0 Å². The summed E-state index contributed by atoms with van der Waals surface area (Å²) in [7, 11) is 0. The molecule has 0 amide bonds. The molecule has 0 radical (unpaired) electrons. The van der Waals surface area contributed by atoms with E-state index in [1.54, 1.807) is 11.3 Å². The predicted molar refractivity (Wildman–Crippen MR) is 85.9 cm³/mol. The minimum absolute atomic E-state index is 0.373. The highest BCUT2D eigenvalue weighted by Crippen LogP contribution is 2.31. The van der Waals surface area contributed by atoms with Crippen molar-refractivity contribution in [2.75, 3.05) is 6.61 Å². The summed E-state index contributed by atoms with van der Waals surface area (Å²) in [6.45, 7) is 0.542. The maximum absolute atomic E-state index is 6.57. The van der Waals surface area contributed by atoms with Gasteiger partial charge in [-0.3, -0.25) is 0 Å². The molecule has 4 heteroatoms. The van der Waals surface area contributed by atoms with Crippen molar-refractivity contribution in [2.24, 2.45) is 5.73 Å². The number of para-hydroxylation sites is 2. The molecule has 3 aromatic rings. The molecule has 1 aliphatic heterocycles. The molecule has 2 N–H and O–H groups in total. The molecule has 1 aliphatic rings. The van der Waals surface area contributed by atoms with Gasteiger partial charge < -0.3 is 10.5 Å². The lowest BCUT2D eigenvalue weighted by atomic mass is 9.87. The van der Waals surface area contributed by atoms with Gasteiger partial charge in [-0.05, 0) is 30.2 Å². The Bertz CT molecular complexity index is 765. The lowest BCUT2D eigenvalue weighted by molar-refractivity contribution is 0.190. The number of hydrogen-bond acceptors (Lipinski definition) is 4. The van der Waals surface area contributed by atoms with Gasteiger partial charge in [0.1, 0.15) is 12.4 Å². The van der Waals surface area contributed by atoms with Crippen molar-refractivity contribution in [2.45, 2.75) is 18.4 Å². The first kappa shape index (κ1) is 12.8. The molecule has 0 spiro atoms. The van der Waals surface area contributed by atoms with Crippen LogP contribution in [-0.4, -0.2) is 17.1 Å². The number of nitrogens with zero attached hydrogens (tertiary/aromatic N) is 1. The molecule has 0 saturated heterocycles. The highest BCUT2D eigenvalue weighted by molar-refractivity contribution is 7.18. The third-order valence-corrected chi connectivity index (χ3v) is 4.91. The van der Waals surface area contributed by atoms with Crippen molar-refractivity contribution >= 4 is 21.6 Å². The first-order valence-corrected chi connectivity index (χ1v) is 7.88. The van der Waals surface area contributed by atoms with E-state index in [4.69, 9.17) is 15.5 Å². The molecule has 0 bridgehead atoms. The lowest BCUT2D eigenvalue weighted by Crippen LogP contribution is -2.51. The normalized spacial score (nSPS) is 21.0. The Morgan fingerprint density at radius 1 is 1.14 bits per heavy atom. The summed E-state index contributed by atoms with van der Waals surface area (Å²) < 4.78 is 7.05. The van der Waals surface area contributed by atoms with Gasteiger partial charge in [-0.25, -0.2) is 4.98 Å². The Morgan fingerprint density at radius 2 is 1.95 bits per heavy atom. The number of nitrogens with two attached hydrogens (primary N) is 1. The number of fused-ring (bicyclic) bond motifs is 2. The average Bonchev–Trinajstić information content (AvgIpc) is 2.88. The van der Waals surface area contributed by atoms with Gasteiger partial charge in [0.05, 0.1) is 20.8 Å². The second-order valence-electron chi connectivity index (χ2n) is 5.69. The Hall–Kier alpha value is -1.91. The maximum atomic E-state index is 6.57. The molecule has 21 heavy (non-hydrogen) atoms. The van der Waals surface area contributed by atoms with Crippen molar-refractivity contribution in [3.8, 4) is 5.75 Å². The lowest BCUT2D eigenvalue weighted by Gasteiger charge is -2.34. The number of ether oxygens (including phenoxy) is 1. The monoisotopic (exact) mass is 296 g/mol. The predicted octanol–water partition coefficient (Wildman–Crippen LogP) is 3.17. The number of thiazole rings is 1. The minimum atomic E-state index is -0.373. The second-order valence-corrected chi connectivity index (χ2v) is 6.80. The summed E-state index contributed by atoms with van der Waals surface area (Å²) >= 11 is 1.72. The van der Waals surface area contributed by atoms with E-state index in [0.717, 1.165) is 29.1 Å². The maximum Gasteiger partial charge on any atom is 0.122 e. The Kier molecular flexibility index (Phi) is 2.94. The van der Waals surface area contributed by atoms with Crippen molar-refractivity contribution in [1.82, 2.24) is 4.98 Å². The van der Waals surface area contributed by atoms with Gasteiger partial charge in [0.25, 0.3) is 0 Å². The van der Waals surface area contributed by atoms with Crippen LogP contribution in [0.1, 0.15) is 10.6 Å². The average molecular weight is 296 g/mol. The van der Waals surface area contributed by atoms with E-state index in [9.17, 15) is 0 Å². The minimum Gasteiger partial charge on any atom is -0.491 e. The third kappa shape index (κ3) is 2.41. The van der Waals surface area contributed by atoms with E-state index in [-0.39, 0.29) is 5.54 Å². The van der Waals surface area contributed by atoms with Crippen molar-refractivity contribution in [1.29, 1.82) is 0 Å². The van der Waals surface area contributed by atoms with Crippen molar-refractivity contribution < 1.29 is 4.74 Å². The van der Waals surface area contributed by atoms with Gasteiger partial charge in [0.2, 0.25) is 0 Å². The van der Waals surface area contributed by atoms with Crippen LogP contribution in [0, 0.1) is 0 Å². The number of rotatable bonds is 2. The molecule has 106 valence electrons. The summed E-state index contributed by atoms with van der Waals surface area (Å²) in [5.74, 6) is 0.961. The smallest absolute Gasteiger partial charge is 0.122 e. The third-order valence-electron chi connectivity index (χ3n) is 3.87. The van der Waals surface area contributed by atoms with Gasteiger partial charge in [0, 0.05) is 6.42 Å². The molecule has 4 rings (SSSR count). The number of hydrogen-bond donors (Lipinski definition) is 1. The molecule has 2 aromatic carbocycles. The van der Waals surface area contributed by atoms with Gasteiger partial charge in [-0.15, -0.1) is 11.3 Å². The van der Waals surface area contributed by atoms with E-state index in [0.29, 0.717) is 6.61 Å². The van der Waals surface area contributed by atoms with Crippen LogP contribution in [0.2, 0.25) is 0 Å². The van der Waals surface area contributed by atoms with Crippen LogP contribution in [0.5, 0.6) is 5.75 Å². The van der Waals surface area contributed by atoms with E-state index in [2.05, 4.69) is 12.1 Å². The SMILES string of the molecule is NC1(Cc2nc3ccccc3s2)COc2ccccc2C1.